The summed E-state index contributed by atoms with van der Waals surface area (Å²) in [6.07, 6.45) is 0. The minimum Gasteiger partial charge on any atom is -0.396 e. The monoisotopic (exact) mass is 159 g/mol. The van der Waals surface area contributed by atoms with E-state index in [0.29, 0.717) is 6.61 Å². The highest BCUT2D eigenvalue weighted by Gasteiger charge is 2.37. The summed E-state index contributed by atoms with van der Waals surface area (Å²) in [4.78, 5) is 2.29. The molecule has 0 aromatic carbocycles. The first-order chi connectivity index (χ1) is 5.20. The molecule has 1 N–H and O–H groups in total. The van der Waals surface area contributed by atoms with E-state index in [4.69, 9.17) is 9.84 Å². The molecular weight excluding hydrogens is 142 g/mol. The van der Waals surface area contributed by atoms with E-state index in [0.717, 1.165) is 26.2 Å². The zero-order chi connectivity index (χ0) is 8.32. The molecule has 0 aromatic rings. The van der Waals surface area contributed by atoms with Gasteiger partial charge in [-0.25, -0.2) is 0 Å². The smallest absolute Gasteiger partial charge is 0.0589 e. The second-order valence-electron chi connectivity index (χ2n) is 3.67. The number of aliphatic hydroxyl groups excluding tert-OH is 1. The van der Waals surface area contributed by atoms with E-state index in [1.807, 2.05) is 0 Å². The lowest BCUT2D eigenvalue weighted by molar-refractivity contribution is -0.0365. The van der Waals surface area contributed by atoms with Crippen molar-refractivity contribution in [1.82, 2.24) is 4.90 Å². The summed E-state index contributed by atoms with van der Waals surface area (Å²) in [5.74, 6) is 0. The average Bonchev–Trinajstić information content (AvgIpc) is 1.96. The Morgan fingerprint density at radius 3 is 2.64 bits per heavy atom. The van der Waals surface area contributed by atoms with Crippen LogP contribution in [0.1, 0.15) is 6.92 Å². The molecule has 1 heterocycles. The van der Waals surface area contributed by atoms with Gasteiger partial charge in [-0.3, -0.25) is 4.90 Å². The van der Waals surface area contributed by atoms with E-state index in [9.17, 15) is 0 Å². The van der Waals surface area contributed by atoms with Crippen LogP contribution in [0.2, 0.25) is 0 Å². The van der Waals surface area contributed by atoms with Crippen LogP contribution in [-0.2, 0) is 4.74 Å². The molecule has 11 heavy (non-hydrogen) atoms. The first kappa shape index (κ1) is 8.97. The van der Waals surface area contributed by atoms with Gasteiger partial charge >= 0.3 is 0 Å². The molecule has 0 amide bonds. The van der Waals surface area contributed by atoms with Crippen molar-refractivity contribution >= 4 is 0 Å². The number of ether oxygens (including phenoxy) is 1. The number of hydrogen-bond acceptors (Lipinski definition) is 3. The zero-order valence-corrected chi connectivity index (χ0v) is 7.34. The Balaban J connectivity index is 2.08. The Bertz CT molecular complexity index is 121. The van der Waals surface area contributed by atoms with Crippen molar-refractivity contribution in [3.63, 3.8) is 0 Å². The maximum Gasteiger partial charge on any atom is 0.0589 e. The van der Waals surface area contributed by atoms with Crippen molar-refractivity contribution in [2.75, 3.05) is 40.0 Å². The van der Waals surface area contributed by atoms with Crippen LogP contribution in [0.5, 0.6) is 0 Å². The number of hydrogen-bond donors (Lipinski definition) is 1. The summed E-state index contributed by atoms with van der Waals surface area (Å²) in [7, 11) is 1.71. The van der Waals surface area contributed by atoms with Gasteiger partial charge in [-0.1, -0.05) is 6.92 Å². The fraction of sp³-hybridized carbons (Fsp3) is 1.00. The molecule has 66 valence electrons. The van der Waals surface area contributed by atoms with Gasteiger partial charge in [0.15, 0.2) is 0 Å². The molecule has 0 aliphatic carbocycles. The summed E-state index contributed by atoms with van der Waals surface area (Å²) in [6, 6.07) is 0. The van der Waals surface area contributed by atoms with E-state index in [2.05, 4.69) is 11.8 Å². The molecule has 0 spiro atoms. The molecule has 0 bridgehead atoms. The van der Waals surface area contributed by atoms with Crippen LogP contribution in [0, 0.1) is 5.41 Å². The predicted molar refractivity (Wildman–Crippen MR) is 43.5 cm³/mol. The van der Waals surface area contributed by atoms with Crippen LogP contribution in [0.4, 0.5) is 0 Å². The number of likely N-dealkylation sites (tertiary alicyclic amines) is 1. The topological polar surface area (TPSA) is 32.7 Å². The van der Waals surface area contributed by atoms with Gasteiger partial charge in [0.05, 0.1) is 13.2 Å². The Hall–Kier alpha value is -0.120. The summed E-state index contributed by atoms with van der Waals surface area (Å²) in [5.41, 5.74) is 0.160. The molecular formula is C8H17NO2. The molecule has 1 aliphatic heterocycles. The molecule has 0 saturated carbocycles. The average molecular weight is 159 g/mol. The first-order valence-corrected chi connectivity index (χ1v) is 4.02. The van der Waals surface area contributed by atoms with Crippen molar-refractivity contribution in [3.8, 4) is 0 Å². The van der Waals surface area contributed by atoms with Crippen molar-refractivity contribution in [2.45, 2.75) is 6.92 Å². The van der Waals surface area contributed by atoms with Gasteiger partial charge in [0.1, 0.15) is 0 Å². The molecule has 3 heteroatoms. The fourth-order valence-corrected chi connectivity index (χ4v) is 1.51. The normalized spacial score (nSPS) is 23.2. The number of nitrogens with zero attached hydrogens (tertiary/aromatic N) is 1. The Morgan fingerprint density at radius 1 is 1.55 bits per heavy atom. The molecule has 0 unspecified atom stereocenters. The van der Waals surface area contributed by atoms with E-state index in [1.54, 1.807) is 7.11 Å². The third-order valence-electron chi connectivity index (χ3n) is 2.20. The van der Waals surface area contributed by atoms with Gasteiger partial charge in [-0.15, -0.1) is 0 Å². The fourth-order valence-electron chi connectivity index (χ4n) is 1.51. The van der Waals surface area contributed by atoms with Crippen LogP contribution >= 0.6 is 0 Å². The highest BCUT2D eigenvalue weighted by Crippen LogP contribution is 2.28. The molecule has 0 aromatic heterocycles. The third kappa shape index (κ3) is 2.15. The number of rotatable bonds is 4. The third-order valence-corrected chi connectivity index (χ3v) is 2.20. The summed E-state index contributed by atoms with van der Waals surface area (Å²) < 4.78 is 4.95. The lowest BCUT2D eigenvalue weighted by Gasteiger charge is -2.47. The van der Waals surface area contributed by atoms with Crippen LogP contribution in [-0.4, -0.2) is 50.0 Å². The van der Waals surface area contributed by atoms with Gasteiger partial charge < -0.3 is 9.84 Å². The minimum absolute atomic E-state index is 0.160. The lowest BCUT2D eigenvalue weighted by atomic mass is 9.83. The van der Waals surface area contributed by atoms with Crippen molar-refractivity contribution < 1.29 is 9.84 Å². The highest BCUT2D eigenvalue weighted by molar-refractivity contribution is 4.90. The molecule has 1 saturated heterocycles. The number of methoxy groups -OCH3 is 1. The summed E-state index contributed by atoms with van der Waals surface area (Å²) >= 11 is 0. The predicted octanol–water partition coefficient (Wildman–Crippen LogP) is -0.0530. The standard InChI is InChI=1S/C8H17NO2/c1-8(7-10)5-9(6-8)3-4-11-2/h10H,3-7H2,1-2H3. The molecule has 0 atom stereocenters. The SMILES string of the molecule is COCCN1CC(C)(CO)C1. The quantitative estimate of drug-likeness (QED) is 0.624. The van der Waals surface area contributed by atoms with Gasteiger partial charge in [-0.05, 0) is 0 Å². The van der Waals surface area contributed by atoms with Crippen molar-refractivity contribution in [3.05, 3.63) is 0 Å². The van der Waals surface area contributed by atoms with Crippen LogP contribution in [0.15, 0.2) is 0 Å². The highest BCUT2D eigenvalue weighted by atomic mass is 16.5. The van der Waals surface area contributed by atoms with Crippen LogP contribution < -0.4 is 0 Å². The van der Waals surface area contributed by atoms with Crippen LogP contribution in [0.3, 0.4) is 0 Å². The summed E-state index contributed by atoms with van der Waals surface area (Å²) in [5, 5.41) is 8.93. The summed E-state index contributed by atoms with van der Waals surface area (Å²) in [6.45, 7) is 6.21. The van der Waals surface area contributed by atoms with E-state index in [1.165, 1.54) is 0 Å². The molecule has 1 aliphatic rings. The zero-order valence-electron chi connectivity index (χ0n) is 7.34. The Kier molecular flexibility index (Phi) is 2.87. The van der Waals surface area contributed by atoms with E-state index < -0.39 is 0 Å². The molecule has 0 radical (unpaired) electrons. The molecule has 1 rings (SSSR count). The largest absolute Gasteiger partial charge is 0.396 e. The van der Waals surface area contributed by atoms with Crippen molar-refractivity contribution in [1.29, 1.82) is 0 Å². The lowest BCUT2D eigenvalue weighted by Crippen LogP contribution is -2.57. The minimum atomic E-state index is 0.160. The molecule has 1 fully saturated rings. The van der Waals surface area contributed by atoms with Gasteiger partial charge in [0.25, 0.3) is 0 Å². The van der Waals surface area contributed by atoms with E-state index >= 15 is 0 Å². The van der Waals surface area contributed by atoms with Gasteiger partial charge in [0, 0.05) is 32.2 Å². The second kappa shape index (κ2) is 3.52. The van der Waals surface area contributed by atoms with E-state index in [-0.39, 0.29) is 5.41 Å². The molecule has 3 nitrogen and oxygen atoms in total. The van der Waals surface area contributed by atoms with Gasteiger partial charge in [-0.2, -0.15) is 0 Å². The Labute approximate surface area is 68.0 Å². The van der Waals surface area contributed by atoms with Crippen LogP contribution in [0.25, 0.3) is 0 Å². The maximum absolute atomic E-state index is 8.93. The van der Waals surface area contributed by atoms with Crippen molar-refractivity contribution in [2.24, 2.45) is 5.41 Å². The second-order valence-corrected chi connectivity index (χ2v) is 3.67. The first-order valence-electron chi connectivity index (χ1n) is 4.02. The van der Waals surface area contributed by atoms with Gasteiger partial charge in [0.2, 0.25) is 0 Å². The Morgan fingerprint density at radius 2 is 2.18 bits per heavy atom. The maximum atomic E-state index is 8.93. The number of aliphatic hydroxyl groups is 1.